The van der Waals surface area contributed by atoms with E-state index in [0.717, 1.165) is 32.8 Å². The van der Waals surface area contributed by atoms with Crippen LogP contribution in [0.15, 0.2) is 54.6 Å². The van der Waals surface area contributed by atoms with Crippen LogP contribution in [0.5, 0.6) is 0 Å². The summed E-state index contributed by atoms with van der Waals surface area (Å²) in [6.07, 6.45) is 0. The number of ether oxygens (including phenoxy) is 1. The number of aromatic amines is 1. The van der Waals surface area contributed by atoms with Crippen LogP contribution in [0, 0.1) is 0 Å². The first-order valence-corrected chi connectivity index (χ1v) is 7.87. The van der Waals surface area contributed by atoms with E-state index >= 15 is 0 Å². The first kappa shape index (κ1) is 13.6. The van der Waals surface area contributed by atoms with Gasteiger partial charge in [-0.2, -0.15) is 0 Å². The van der Waals surface area contributed by atoms with Crippen LogP contribution in [0.3, 0.4) is 0 Å². The molecule has 0 radical (unpaired) electrons. The lowest BCUT2D eigenvalue weighted by atomic mass is 10.0. The molecule has 0 amide bonds. The van der Waals surface area contributed by atoms with Gasteiger partial charge >= 0.3 is 0 Å². The molecular formula is C19H20N2O. The number of nitrogens with one attached hydrogen (secondary N) is 1. The molecule has 1 saturated heterocycles. The van der Waals surface area contributed by atoms with E-state index in [2.05, 4.69) is 64.5 Å². The third-order valence-corrected chi connectivity index (χ3v) is 4.36. The van der Waals surface area contributed by atoms with E-state index in [-0.39, 0.29) is 0 Å². The summed E-state index contributed by atoms with van der Waals surface area (Å²) in [6, 6.07) is 19.2. The normalized spacial score (nSPS) is 16.2. The smallest absolute Gasteiger partial charge is 0.0594 e. The Bertz CT molecular complexity index is 757. The van der Waals surface area contributed by atoms with Crippen molar-refractivity contribution in [1.82, 2.24) is 9.88 Å². The highest BCUT2D eigenvalue weighted by Crippen LogP contribution is 2.31. The quantitative estimate of drug-likeness (QED) is 0.798. The van der Waals surface area contributed by atoms with Crippen molar-refractivity contribution in [2.45, 2.75) is 6.54 Å². The van der Waals surface area contributed by atoms with E-state index in [1.807, 2.05) is 0 Å². The number of rotatable bonds is 3. The maximum Gasteiger partial charge on any atom is 0.0594 e. The van der Waals surface area contributed by atoms with Gasteiger partial charge in [0.05, 0.1) is 18.9 Å². The van der Waals surface area contributed by atoms with Crippen LogP contribution in [-0.2, 0) is 11.3 Å². The van der Waals surface area contributed by atoms with Gasteiger partial charge in [0, 0.05) is 30.5 Å². The molecule has 0 bridgehead atoms. The molecule has 0 atom stereocenters. The van der Waals surface area contributed by atoms with Gasteiger partial charge in [-0.3, -0.25) is 4.90 Å². The highest BCUT2D eigenvalue weighted by molar-refractivity contribution is 5.90. The minimum atomic E-state index is 0.836. The lowest BCUT2D eigenvalue weighted by molar-refractivity contribution is 0.0344. The van der Waals surface area contributed by atoms with E-state index in [1.165, 1.54) is 27.7 Å². The Labute approximate surface area is 130 Å². The maximum atomic E-state index is 5.47. The third kappa shape index (κ3) is 2.54. The van der Waals surface area contributed by atoms with Crippen LogP contribution in [0.1, 0.15) is 5.56 Å². The molecule has 0 unspecified atom stereocenters. The zero-order valence-electron chi connectivity index (χ0n) is 12.6. The molecule has 22 heavy (non-hydrogen) atoms. The predicted molar refractivity (Wildman–Crippen MR) is 89.8 cm³/mol. The summed E-state index contributed by atoms with van der Waals surface area (Å²) in [4.78, 5) is 6.09. The number of aromatic nitrogens is 1. The van der Waals surface area contributed by atoms with Gasteiger partial charge in [-0.15, -0.1) is 0 Å². The second-order valence-electron chi connectivity index (χ2n) is 5.78. The fourth-order valence-electron chi connectivity index (χ4n) is 3.20. The number of morpholine rings is 1. The molecule has 1 N–H and O–H groups in total. The molecule has 3 nitrogen and oxygen atoms in total. The SMILES string of the molecule is c1ccc(-c2[nH]c3ccccc3c2CN2CCOCC2)cc1. The lowest BCUT2D eigenvalue weighted by Crippen LogP contribution is -2.35. The summed E-state index contributed by atoms with van der Waals surface area (Å²) in [5.74, 6) is 0. The molecule has 0 spiro atoms. The van der Waals surface area contributed by atoms with Crippen molar-refractivity contribution in [1.29, 1.82) is 0 Å². The Morgan fingerprint density at radius 2 is 1.64 bits per heavy atom. The van der Waals surface area contributed by atoms with Crippen molar-refractivity contribution in [3.63, 3.8) is 0 Å². The molecule has 1 fully saturated rings. The number of benzene rings is 2. The molecule has 4 rings (SSSR count). The molecule has 3 aromatic rings. The Hall–Kier alpha value is -2.10. The number of hydrogen-bond donors (Lipinski definition) is 1. The molecule has 1 aromatic heterocycles. The molecule has 2 heterocycles. The van der Waals surface area contributed by atoms with E-state index in [4.69, 9.17) is 4.74 Å². The van der Waals surface area contributed by atoms with Crippen molar-refractivity contribution in [3.05, 3.63) is 60.2 Å². The Kier molecular flexibility index (Phi) is 3.67. The fraction of sp³-hybridized carbons (Fsp3) is 0.263. The van der Waals surface area contributed by atoms with Crippen molar-refractivity contribution in [2.75, 3.05) is 26.3 Å². The molecule has 3 heteroatoms. The van der Waals surface area contributed by atoms with Gasteiger partial charge in [-0.1, -0.05) is 48.5 Å². The molecule has 1 aliphatic heterocycles. The number of para-hydroxylation sites is 1. The van der Waals surface area contributed by atoms with Gasteiger partial charge in [0.1, 0.15) is 0 Å². The zero-order valence-corrected chi connectivity index (χ0v) is 12.6. The average Bonchev–Trinajstić information content (AvgIpc) is 2.95. The van der Waals surface area contributed by atoms with Crippen molar-refractivity contribution in [2.24, 2.45) is 0 Å². The zero-order chi connectivity index (χ0) is 14.8. The second kappa shape index (κ2) is 5.95. The molecule has 0 aliphatic carbocycles. The highest BCUT2D eigenvalue weighted by atomic mass is 16.5. The van der Waals surface area contributed by atoms with Gasteiger partial charge in [0.15, 0.2) is 0 Å². The summed E-state index contributed by atoms with van der Waals surface area (Å²) < 4.78 is 5.47. The summed E-state index contributed by atoms with van der Waals surface area (Å²) >= 11 is 0. The van der Waals surface area contributed by atoms with E-state index in [0.29, 0.717) is 0 Å². The van der Waals surface area contributed by atoms with E-state index in [1.54, 1.807) is 0 Å². The topological polar surface area (TPSA) is 28.3 Å². The summed E-state index contributed by atoms with van der Waals surface area (Å²) in [6.45, 7) is 4.66. The molecular weight excluding hydrogens is 272 g/mol. The van der Waals surface area contributed by atoms with Gasteiger partial charge in [0.2, 0.25) is 0 Å². The van der Waals surface area contributed by atoms with Crippen LogP contribution < -0.4 is 0 Å². The summed E-state index contributed by atoms with van der Waals surface area (Å²) in [7, 11) is 0. The molecule has 1 aliphatic rings. The maximum absolute atomic E-state index is 5.47. The van der Waals surface area contributed by atoms with Crippen LogP contribution in [-0.4, -0.2) is 36.2 Å². The second-order valence-corrected chi connectivity index (χ2v) is 5.78. The first-order valence-electron chi connectivity index (χ1n) is 7.87. The average molecular weight is 292 g/mol. The number of nitrogens with zero attached hydrogens (tertiary/aromatic N) is 1. The van der Waals surface area contributed by atoms with Gasteiger partial charge in [-0.25, -0.2) is 0 Å². The molecule has 0 saturated carbocycles. The number of fused-ring (bicyclic) bond motifs is 1. The number of hydrogen-bond acceptors (Lipinski definition) is 2. The highest BCUT2D eigenvalue weighted by Gasteiger charge is 2.17. The fourth-order valence-corrected chi connectivity index (χ4v) is 3.20. The Morgan fingerprint density at radius 1 is 0.909 bits per heavy atom. The molecule has 112 valence electrons. The van der Waals surface area contributed by atoms with Crippen molar-refractivity contribution in [3.8, 4) is 11.3 Å². The van der Waals surface area contributed by atoms with Gasteiger partial charge in [0.25, 0.3) is 0 Å². The summed E-state index contributed by atoms with van der Waals surface area (Å²) in [5, 5.41) is 1.33. The van der Waals surface area contributed by atoms with Crippen LogP contribution in [0.4, 0.5) is 0 Å². The first-order chi connectivity index (χ1) is 10.9. The van der Waals surface area contributed by atoms with Crippen molar-refractivity contribution < 1.29 is 4.74 Å². The number of H-pyrrole nitrogens is 1. The van der Waals surface area contributed by atoms with E-state index < -0.39 is 0 Å². The monoisotopic (exact) mass is 292 g/mol. The van der Waals surface area contributed by atoms with Gasteiger partial charge in [-0.05, 0) is 17.2 Å². The Morgan fingerprint density at radius 3 is 2.45 bits per heavy atom. The summed E-state index contributed by atoms with van der Waals surface area (Å²) in [5.41, 5.74) is 5.10. The standard InChI is InChI=1S/C19H20N2O/c1-2-6-15(7-3-1)19-17(14-21-10-12-22-13-11-21)16-8-4-5-9-18(16)20-19/h1-9,20H,10-14H2. The van der Waals surface area contributed by atoms with Crippen LogP contribution in [0.25, 0.3) is 22.2 Å². The predicted octanol–water partition coefficient (Wildman–Crippen LogP) is 3.67. The molecule has 2 aromatic carbocycles. The minimum Gasteiger partial charge on any atom is -0.379 e. The Balaban J connectivity index is 1.79. The van der Waals surface area contributed by atoms with Crippen molar-refractivity contribution >= 4 is 10.9 Å². The minimum absolute atomic E-state index is 0.836. The van der Waals surface area contributed by atoms with Gasteiger partial charge < -0.3 is 9.72 Å². The van der Waals surface area contributed by atoms with E-state index in [9.17, 15) is 0 Å². The third-order valence-electron chi connectivity index (χ3n) is 4.36. The lowest BCUT2D eigenvalue weighted by Gasteiger charge is -2.26. The largest absolute Gasteiger partial charge is 0.379 e. The van der Waals surface area contributed by atoms with Crippen LogP contribution >= 0.6 is 0 Å². The van der Waals surface area contributed by atoms with Crippen LogP contribution in [0.2, 0.25) is 0 Å².